The first kappa shape index (κ1) is 22.1. The van der Waals surface area contributed by atoms with E-state index in [4.69, 9.17) is 4.74 Å². The van der Waals surface area contributed by atoms with Crippen molar-refractivity contribution in [2.75, 3.05) is 32.6 Å². The number of carbonyl (C=O) groups excluding carboxylic acids is 3. The Morgan fingerprint density at radius 3 is 2.21 bits per heavy atom. The SMILES string of the molecule is COC(=O)[C@H](Cc1ccccc1)NC(=O)CN(C)CC(=O)Nc1ccc(C)cc1. The predicted octanol–water partition coefficient (Wildman–Crippen LogP) is 1.77. The van der Waals surface area contributed by atoms with Crippen molar-refractivity contribution in [1.82, 2.24) is 10.2 Å². The van der Waals surface area contributed by atoms with Gasteiger partial charge in [-0.05, 0) is 31.7 Å². The maximum atomic E-state index is 12.4. The van der Waals surface area contributed by atoms with Gasteiger partial charge in [-0.15, -0.1) is 0 Å². The summed E-state index contributed by atoms with van der Waals surface area (Å²) in [7, 11) is 2.95. The first-order valence-corrected chi connectivity index (χ1v) is 9.33. The van der Waals surface area contributed by atoms with Crippen LogP contribution in [0.15, 0.2) is 54.6 Å². The molecular formula is C22H27N3O4. The van der Waals surface area contributed by atoms with Gasteiger partial charge in [0.25, 0.3) is 0 Å². The van der Waals surface area contributed by atoms with E-state index in [0.29, 0.717) is 12.1 Å². The number of ether oxygens (including phenoxy) is 1. The molecular weight excluding hydrogens is 370 g/mol. The number of likely N-dealkylation sites (N-methyl/N-ethyl adjacent to an activating group) is 1. The van der Waals surface area contributed by atoms with Crippen LogP contribution in [0, 0.1) is 6.92 Å². The van der Waals surface area contributed by atoms with Crippen molar-refractivity contribution in [1.29, 1.82) is 0 Å². The predicted molar refractivity (Wildman–Crippen MR) is 111 cm³/mol. The van der Waals surface area contributed by atoms with E-state index in [2.05, 4.69) is 10.6 Å². The Hall–Kier alpha value is -3.19. The Balaban J connectivity index is 1.85. The molecule has 1 atom stereocenters. The molecule has 154 valence electrons. The van der Waals surface area contributed by atoms with Gasteiger partial charge in [0.05, 0.1) is 20.2 Å². The van der Waals surface area contributed by atoms with E-state index in [1.807, 2.05) is 61.5 Å². The number of aryl methyl sites for hydroxylation is 1. The molecule has 2 aromatic rings. The summed E-state index contributed by atoms with van der Waals surface area (Å²) in [4.78, 5) is 38.1. The van der Waals surface area contributed by atoms with Crippen LogP contribution >= 0.6 is 0 Å². The van der Waals surface area contributed by atoms with E-state index in [9.17, 15) is 14.4 Å². The zero-order chi connectivity index (χ0) is 21.2. The van der Waals surface area contributed by atoms with Crippen molar-refractivity contribution in [3.63, 3.8) is 0 Å². The minimum Gasteiger partial charge on any atom is -0.467 e. The highest BCUT2D eigenvalue weighted by Crippen LogP contribution is 2.08. The van der Waals surface area contributed by atoms with Gasteiger partial charge in [-0.25, -0.2) is 4.79 Å². The van der Waals surface area contributed by atoms with Gasteiger partial charge in [-0.1, -0.05) is 48.0 Å². The molecule has 0 aliphatic carbocycles. The van der Waals surface area contributed by atoms with Gasteiger partial charge in [0, 0.05) is 12.1 Å². The molecule has 2 N–H and O–H groups in total. The molecule has 0 spiro atoms. The molecule has 2 amide bonds. The third-order valence-electron chi connectivity index (χ3n) is 4.27. The molecule has 2 aromatic carbocycles. The first-order valence-electron chi connectivity index (χ1n) is 9.33. The zero-order valence-electron chi connectivity index (χ0n) is 17.0. The van der Waals surface area contributed by atoms with E-state index >= 15 is 0 Å². The molecule has 0 aliphatic heterocycles. The van der Waals surface area contributed by atoms with Crippen molar-refractivity contribution in [3.05, 3.63) is 65.7 Å². The second kappa shape index (κ2) is 11.0. The smallest absolute Gasteiger partial charge is 0.328 e. The summed E-state index contributed by atoms with van der Waals surface area (Å²) < 4.78 is 4.80. The number of nitrogens with one attached hydrogen (secondary N) is 2. The second-order valence-electron chi connectivity index (χ2n) is 6.92. The largest absolute Gasteiger partial charge is 0.467 e. The van der Waals surface area contributed by atoms with Crippen LogP contribution in [-0.4, -0.2) is 56.0 Å². The molecule has 7 nitrogen and oxygen atoms in total. The Bertz CT molecular complexity index is 822. The number of carbonyl (C=O) groups is 3. The highest BCUT2D eigenvalue weighted by molar-refractivity contribution is 5.92. The lowest BCUT2D eigenvalue weighted by molar-refractivity contribution is -0.145. The molecule has 2 rings (SSSR count). The number of rotatable bonds is 9. The van der Waals surface area contributed by atoms with Gasteiger partial charge < -0.3 is 15.4 Å². The highest BCUT2D eigenvalue weighted by atomic mass is 16.5. The van der Waals surface area contributed by atoms with E-state index in [1.165, 1.54) is 7.11 Å². The number of anilines is 1. The lowest BCUT2D eigenvalue weighted by Gasteiger charge is -2.20. The molecule has 0 saturated carbocycles. The molecule has 0 saturated heterocycles. The van der Waals surface area contributed by atoms with Crippen LogP contribution in [-0.2, 0) is 25.5 Å². The number of amides is 2. The van der Waals surface area contributed by atoms with Gasteiger partial charge >= 0.3 is 5.97 Å². The molecule has 0 unspecified atom stereocenters. The maximum absolute atomic E-state index is 12.4. The number of hydrogen-bond acceptors (Lipinski definition) is 5. The summed E-state index contributed by atoms with van der Waals surface area (Å²) in [5.74, 6) is -1.10. The minimum absolute atomic E-state index is 0.0242. The third-order valence-corrected chi connectivity index (χ3v) is 4.27. The number of hydrogen-bond donors (Lipinski definition) is 2. The normalized spacial score (nSPS) is 11.6. The number of esters is 1. The van der Waals surface area contributed by atoms with Gasteiger partial charge in [0.2, 0.25) is 11.8 Å². The fourth-order valence-corrected chi connectivity index (χ4v) is 2.81. The Morgan fingerprint density at radius 2 is 1.59 bits per heavy atom. The third kappa shape index (κ3) is 7.75. The molecule has 7 heteroatoms. The van der Waals surface area contributed by atoms with Crippen LogP contribution in [0.5, 0.6) is 0 Å². The van der Waals surface area contributed by atoms with Gasteiger partial charge in [0.1, 0.15) is 6.04 Å². The lowest BCUT2D eigenvalue weighted by atomic mass is 10.1. The summed E-state index contributed by atoms with van der Waals surface area (Å²) in [6, 6.07) is 16.1. The average Bonchev–Trinajstić information content (AvgIpc) is 2.69. The van der Waals surface area contributed by atoms with Crippen LogP contribution < -0.4 is 10.6 Å². The van der Waals surface area contributed by atoms with Crippen LogP contribution in [0.2, 0.25) is 0 Å². The lowest BCUT2D eigenvalue weighted by Crippen LogP contribution is -2.47. The van der Waals surface area contributed by atoms with Crippen LogP contribution in [0.25, 0.3) is 0 Å². The van der Waals surface area contributed by atoms with Crippen LogP contribution in [0.1, 0.15) is 11.1 Å². The van der Waals surface area contributed by atoms with Crippen molar-refractivity contribution < 1.29 is 19.1 Å². The molecule has 29 heavy (non-hydrogen) atoms. The maximum Gasteiger partial charge on any atom is 0.328 e. The van der Waals surface area contributed by atoms with E-state index in [0.717, 1.165) is 11.1 Å². The van der Waals surface area contributed by atoms with Crippen LogP contribution in [0.4, 0.5) is 5.69 Å². The first-order chi connectivity index (χ1) is 13.9. The van der Waals surface area contributed by atoms with E-state index in [1.54, 1.807) is 11.9 Å². The second-order valence-corrected chi connectivity index (χ2v) is 6.92. The zero-order valence-corrected chi connectivity index (χ0v) is 17.0. The number of benzene rings is 2. The van der Waals surface area contributed by atoms with Gasteiger partial charge in [0.15, 0.2) is 0 Å². The summed E-state index contributed by atoms with van der Waals surface area (Å²) in [6.45, 7) is 1.99. The van der Waals surface area contributed by atoms with Gasteiger partial charge in [-0.3, -0.25) is 14.5 Å². The monoisotopic (exact) mass is 397 g/mol. The fourth-order valence-electron chi connectivity index (χ4n) is 2.81. The molecule has 0 bridgehead atoms. The van der Waals surface area contributed by atoms with Crippen molar-refractivity contribution in [2.24, 2.45) is 0 Å². The van der Waals surface area contributed by atoms with Crippen molar-refractivity contribution in [3.8, 4) is 0 Å². The Labute approximate surface area is 171 Å². The number of methoxy groups -OCH3 is 1. The quantitative estimate of drug-likeness (QED) is 0.630. The van der Waals surface area contributed by atoms with Gasteiger partial charge in [-0.2, -0.15) is 0 Å². The number of nitrogens with zero attached hydrogens (tertiary/aromatic N) is 1. The van der Waals surface area contributed by atoms with E-state index in [-0.39, 0.29) is 24.9 Å². The van der Waals surface area contributed by atoms with Crippen LogP contribution in [0.3, 0.4) is 0 Å². The highest BCUT2D eigenvalue weighted by Gasteiger charge is 2.22. The topological polar surface area (TPSA) is 87.7 Å². The summed E-state index contributed by atoms with van der Waals surface area (Å²) in [5, 5.41) is 5.48. The van der Waals surface area contributed by atoms with Crippen molar-refractivity contribution >= 4 is 23.5 Å². The van der Waals surface area contributed by atoms with E-state index < -0.39 is 12.0 Å². The Kier molecular flexibility index (Phi) is 8.36. The summed E-state index contributed by atoms with van der Waals surface area (Å²) in [6.07, 6.45) is 0.330. The Morgan fingerprint density at radius 1 is 0.966 bits per heavy atom. The van der Waals surface area contributed by atoms with Crippen molar-refractivity contribution in [2.45, 2.75) is 19.4 Å². The molecule has 0 aromatic heterocycles. The standard InChI is InChI=1S/C22H27N3O4/c1-16-9-11-18(12-10-16)23-20(26)14-25(2)15-21(27)24-19(22(28)29-3)13-17-7-5-4-6-8-17/h4-12,19H,13-15H2,1-3H3,(H,23,26)(H,24,27)/t19-/m0/s1. The molecule has 0 radical (unpaired) electrons. The summed E-state index contributed by atoms with van der Waals surface area (Å²) >= 11 is 0. The minimum atomic E-state index is -0.787. The fraction of sp³-hybridized carbons (Fsp3) is 0.318. The molecule has 0 aliphatic rings. The molecule has 0 fully saturated rings. The average molecular weight is 397 g/mol. The summed E-state index contributed by atoms with van der Waals surface area (Å²) in [5.41, 5.74) is 2.72. The molecule has 0 heterocycles.